The van der Waals surface area contributed by atoms with Crippen LogP contribution >= 0.6 is 0 Å². The Morgan fingerprint density at radius 3 is 2.90 bits per heavy atom. The third-order valence-corrected chi connectivity index (χ3v) is 2.51. The molecule has 0 radical (unpaired) electrons. The van der Waals surface area contributed by atoms with Gasteiger partial charge in [-0.15, -0.1) is 0 Å². The predicted octanol–water partition coefficient (Wildman–Crippen LogP) is 1.91. The van der Waals surface area contributed by atoms with Crippen LogP contribution in [-0.2, 0) is 16.1 Å². The Bertz CT molecular complexity index is 706. The van der Waals surface area contributed by atoms with Crippen LogP contribution in [0, 0.1) is 11.3 Å². The molecule has 21 heavy (non-hydrogen) atoms. The van der Waals surface area contributed by atoms with Crippen LogP contribution < -0.4 is 4.74 Å². The number of aromatic nitrogens is 2. The highest BCUT2D eigenvalue weighted by atomic mass is 19.3. The largest absolute Gasteiger partial charge is 0.485 e. The molecule has 0 amide bonds. The number of nitrogens with zero attached hydrogens (tertiary/aromatic N) is 3. The maximum atomic E-state index is 12.2. The summed E-state index contributed by atoms with van der Waals surface area (Å²) in [5.74, 6) is -0.396. The Morgan fingerprint density at radius 2 is 2.29 bits per heavy atom. The molecule has 0 spiro atoms. The number of fused-ring (bicyclic) bond motifs is 1. The topological polar surface area (TPSA) is 76.6 Å². The number of halogens is 2. The van der Waals surface area contributed by atoms with Crippen molar-refractivity contribution >= 4 is 11.6 Å². The Morgan fingerprint density at radius 1 is 1.52 bits per heavy atom. The third kappa shape index (κ3) is 3.66. The minimum atomic E-state index is -2.63. The van der Waals surface area contributed by atoms with Gasteiger partial charge in [0.15, 0.2) is 5.75 Å². The van der Waals surface area contributed by atoms with E-state index in [9.17, 15) is 13.6 Å². The summed E-state index contributed by atoms with van der Waals surface area (Å²) in [5.41, 5.74) is 1.01. The summed E-state index contributed by atoms with van der Waals surface area (Å²) in [6, 6.07) is 3.28. The molecule has 0 unspecified atom stereocenters. The number of carbonyl (C=O) groups excluding carboxylic acids is 1. The number of esters is 1. The van der Waals surface area contributed by atoms with Crippen LogP contribution in [0.2, 0.25) is 0 Å². The van der Waals surface area contributed by atoms with Gasteiger partial charge >= 0.3 is 5.97 Å². The van der Waals surface area contributed by atoms with Crippen molar-refractivity contribution in [3.63, 3.8) is 0 Å². The maximum absolute atomic E-state index is 12.2. The van der Waals surface area contributed by atoms with Crippen LogP contribution in [-0.4, -0.2) is 28.4 Å². The number of nitriles is 1. The van der Waals surface area contributed by atoms with Crippen molar-refractivity contribution in [2.45, 2.75) is 20.0 Å². The molecule has 0 aliphatic rings. The number of alkyl halides is 2. The van der Waals surface area contributed by atoms with E-state index >= 15 is 0 Å². The van der Waals surface area contributed by atoms with Gasteiger partial charge in [-0.2, -0.15) is 5.26 Å². The number of ether oxygens (including phenoxy) is 2. The first kappa shape index (κ1) is 14.7. The summed E-state index contributed by atoms with van der Waals surface area (Å²) in [7, 11) is 0. The lowest BCUT2D eigenvalue weighted by molar-refractivity contribution is -0.142. The van der Waals surface area contributed by atoms with Crippen molar-refractivity contribution in [2.75, 3.05) is 6.61 Å². The van der Waals surface area contributed by atoms with Gasteiger partial charge < -0.3 is 13.9 Å². The lowest BCUT2D eigenvalue weighted by Gasteiger charge is -2.07. The van der Waals surface area contributed by atoms with Gasteiger partial charge in [0.05, 0.1) is 17.5 Å². The second-order valence-electron chi connectivity index (χ2n) is 4.14. The molecule has 0 saturated carbocycles. The normalized spacial score (nSPS) is 10.6. The molecule has 0 aromatic carbocycles. The van der Waals surface area contributed by atoms with Gasteiger partial charge in [0.1, 0.15) is 24.9 Å². The second-order valence-corrected chi connectivity index (χ2v) is 4.14. The van der Waals surface area contributed by atoms with Gasteiger partial charge in [-0.3, -0.25) is 4.79 Å². The van der Waals surface area contributed by atoms with E-state index in [-0.39, 0.29) is 17.9 Å². The Labute approximate surface area is 118 Å². The number of imidazole rings is 1. The zero-order valence-corrected chi connectivity index (χ0v) is 11.0. The fourth-order valence-corrected chi connectivity index (χ4v) is 1.67. The van der Waals surface area contributed by atoms with Crippen LogP contribution in [0.15, 0.2) is 18.5 Å². The van der Waals surface area contributed by atoms with Gasteiger partial charge in [0, 0.05) is 19.2 Å². The molecule has 0 fully saturated rings. The first-order chi connectivity index (χ1) is 9.99. The highest BCUT2D eigenvalue weighted by Gasteiger charge is 2.12. The molecular weight excluding hydrogens is 284 g/mol. The molecule has 0 aliphatic carbocycles. The SMILES string of the molecule is CC(=O)OCc1cn2cc(OCC(F)F)c(C#N)cc2n1. The Balaban J connectivity index is 2.29. The molecule has 2 aromatic rings. The summed E-state index contributed by atoms with van der Waals surface area (Å²) in [6.07, 6.45) is 0.324. The van der Waals surface area contributed by atoms with Crippen LogP contribution in [0.25, 0.3) is 5.65 Å². The molecule has 2 rings (SSSR count). The average Bonchev–Trinajstić information content (AvgIpc) is 2.83. The van der Waals surface area contributed by atoms with E-state index in [1.165, 1.54) is 23.6 Å². The van der Waals surface area contributed by atoms with Crippen molar-refractivity contribution in [2.24, 2.45) is 0 Å². The molecule has 2 heterocycles. The van der Waals surface area contributed by atoms with E-state index in [0.717, 1.165) is 0 Å². The third-order valence-electron chi connectivity index (χ3n) is 2.51. The zero-order chi connectivity index (χ0) is 15.4. The average molecular weight is 295 g/mol. The highest BCUT2D eigenvalue weighted by Crippen LogP contribution is 2.21. The van der Waals surface area contributed by atoms with Gasteiger partial charge in [-0.05, 0) is 0 Å². The van der Waals surface area contributed by atoms with E-state index in [2.05, 4.69) is 4.98 Å². The van der Waals surface area contributed by atoms with Gasteiger partial charge in [-0.1, -0.05) is 0 Å². The molecule has 0 N–H and O–H groups in total. The van der Waals surface area contributed by atoms with Crippen LogP contribution in [0.4, 0.5) is 8.78 Å². The van der Waals surface area contributed by atoms with Crippen LogP contribution in [0.5, 0.6) is 5.75 Å². The minimum absolute atomic E-state index is 0.00781. The second kappa shape index (κ2) is 6.17. The number of hydrogen-bond donors (Lipinski definition) is 0. The van der Waals surface area contributed by atoms with Gasteiger partial charge in [0.25, 0.3) is 6.43 Å². The fourth-order valence-electron chi connectivity index (χ4n) is 1.67. The summed E-state index contributed by atoms with van der Waals surface area (Å²) in [6.45, 7) is 0.473. The molecule has 0 atom stereocenters. The van der Waals surface area contributed by atoms with E-state index in [1.54, 1.807) is 6.20 Å². The van der Waals surface area contributed by atoms with E-state index in [0.29, 0.717) is 11.3 Å². The summed E-state index contributed by atoms with van der Waals surface area (Å²) in [4.78, 5) is 14.9. The molecular formula is C13H11F2N3O3. The maximum Gasteiger partial charge on any atom is 0.303 e. The van der Waals surface area contributed by atoms with Crippen molar-refractivity contribution < 1.29 is 23.0 Å². The first-order valence-corrected chi connectivity index (χ1v) is 5.95. The van der Waals surface area contributed by atoms with Crippen LogP contribution in [0.3, 0.4) is 0 Å². The molecule has 0 saturated heterocycles. The molecule has 6 nitrogen and oxygen atoms in total. The first-order valence-electron chi connectivity index (χ1n) is 5.95. The summed E-state index contributed by atoms with van der Waals surface area (Å²) < 4.78 is 35.6. The number of hydrogen-bond acceptors (Lipinski definition) is 5. The summed E-state index contributed by atoms with van der Waals surface area (Å²) >= 11 is 0. The predicted molar refractivity (Wildman–Crippen MR) is 66.9 cm³/mol. The van der Waals surface area contributed by atoms with E-state index in [4.69, 9.17) is 14.7 Å². The van der Waals surface area contributed by atoms with Crippen molar-refractivity contribution in [3.05, 3.63) is 29.7 Å². The highest BCUT2D eigenvalue weighted by molar-refractivity contribution is 5.65. The molecule has 0 bridgehead atoms. The molecule has 110 valence electrons. The smallest absolute Gasteiger partial charge is 0.303 e. The van der Waals surface area contributed by atoms with Crippen molar-refractivity contribution in [1.29, 1.82) is 5.26 Å². The Hall–Kier alpha value is -2.69. The summed E-state index contributed by atoms with van der Waals surface area (Å²) in [5, 5.41) is 9.00. The number of pyridine rings is 1. The Kier molecular flexibility index (Phi) is 4.33. The van der Waals surface area contributed by atoms with Crippen LogP contribution in [0.1, 0.15) is 18.2 Å². The molecule has 0 aliphatic heterocycles. The minimum Gasteiger partial charge on any atom is -0.485 e. The molecule has 2 aromatic heterocycles. The standard InChI is InChI=1S/C13H11F2N3O3/c1-8(19)20-6-10-4-18-5-11(21-7-12(14)15)9(3-16)2-13(18)17-10/h2,4-5,12H,6-7H2,1H3. The lowest BCUT2D eigenvalue weighted by atomic mass is 10.2. The number of carbonyl (C=O) groups is 1. The van der Waals surface area contributed by atoms with E-state index in [1.807, 2.05) is 6.07 Å². The van der Waals surface area contributed by atoms with Gasteiger partial charge in [-0.25, -0.2) is 13.8 Å². The van der Waals surface area contributed by atoms with E-state index < -0.39 is 19.0 Å². The zero-order valence-electron chi connectivity index (χ0n) is 11.0. The van der Waals surface area contributed by atoms with Crippen molar-refractivity contribution in [1.82, 2.24) is 9.38 Å². The quantitative estimate of drug-likeness (QED) is 0.787. The van der Waals surface area contributed by atoms with Crippen molar-refractivity contribution in [3.8, 4) is 11.8 Å². The fraction of sp³-hybridized carbons (Fsp3) is 0.308. The van der Waals surface area contributed by atoms with Gasteiger partial charge in [0.2, 0.25) is 0 Å². The number of rotatable bonds is 5. The molecule has 8 heteroatoms. The monoisotopic (exact) mass is 295 g/mol. The lowest BCUT2D eigenvalue weighted by Crippen LogP contribution is -2.08.